The number of hydrogen-bond donors (Lipinski definition) is 1. The molecule has 8 heteroatoms. The Balaban J connectivity index is 2.33. The van der Waals surface area contributed by atoms with Crippen LogP contribution in [0.15, 0.2) is 41.4 Å². The van der Waals surface area contributed by atoms with Crippen molar-refractivity contribution in [3.63, 3.8) is 0 Å². The highest BCUT2D eigenvalue weighted by Gasteiger charge is 2.16. The third-order valence-corrected chi connectivity index (χ3v) is 4.64. The van der Waals surface area contributed by atoms with Gasteiger partial charge in [0.2, 0.25) is 0 Å². The van der Waals surface area contributed by atoms with Crippen LogP contribution >= 0.6 is 34.2 Å². The van der Waals surface area contributed by atoms with Crippen molar-refractivity contribution in [3.8, 4) is 6.07 Å². The number of benzene rings is 1. The fraction of sp³-hybridized carbons (Fsp3) is 0. The summed E-state index contributed by atoms with van der Waals surface area (Å²) < 4.78 is 27.5. The molecule has 0 aliphatic heterocycles. The van der Waals surface area contributed by atoms with Crippen molar-refractivity contribution in [1.82, 2.24) is 4.98 Å². The van der Waals surface area contributed by atoms with Crippen LogP contribution in [0.2, 0.25) is 5.02 Å². The first kappa shape index (κ1) is 15.0. The Morgan fingerprint density at radius 1 is 1.30 bits per heavy atom. The quantitative estimate of drug-likeness (QED) is 0.775. The third kappa shape index (κ3) is 3.39. The standard InChI is InChI=1S/C12H7ClIN3O2S/c13-11-5-10(3-1-8(11)6-15)20(18,19)17-12-4-2-9(14)7-16-12/h1-5,7H,(H,16,17). The van der Waals surface area contributed by atoms with Gasteiger partial charge in [0.05, 0.1) is 15.5 Å². The Morgan fingerprint density at radius 3 is 2.60 bits per heavy atom. The second-order valence-electron chi connectivity index (χ2n) is 3.72. The van der Waals surface area contributed by atoms with Crippen molar-refractivity contribution in [2.75, 3.05) is 4.72 Å². The number of nitriles is 1. The number of halogens is 2. The van der Waals surface area contributed by atoms with Crippen LogP contribution in [-0.2, 0) is 10.0 Å². The molecule has 5 nitrogen and oxygen atoms in total. The molecular formula is C12H7ClIN3O2S. The lowest BCUT2D eigenvalue weighted by atomic mass is 10.2. The Morgan fingerprint density at radius 2 is 2.05 bits per heavy atom. The summed E-state index contributed by atoms with van der Waals surface area (Å²) in [6.45, 7) is 0. The third-order valence-electron chi connectivity index (χ3n) is 2.34. The first-order chi connectivity index (χ1) is 9.42. The Bertz CT molecular complexity index is 785. The van der Waals surface area contributed by atoms with Crippen LogP contribution in [0, 0.1) is 14.9 Å². The van der Waals surface area contributed by atoms with Gasteiger partial charge in [-0.2, -0.15) is 5.26 Å². The summed E-state index contributed by atoms with van der Waals surface area (Å²) in [5.74, 6) is 0.214. The summed E-state index contributed by atoms with van der Waals surface area (Å²) in [6, 6.07) is 9.07. The maximum absolute atomic E-state index is 12.1. The van der Waals surface area contributed by atoms with E-state index in [-0.39, 0.29) is 21.3 Å². The molecule has 0 unspecified atom stereocenters. The zero-order valence-electron chi connectivity index (χ0n) is 9.84. The molecule has 1 heterocycles. The second kappa shape index (κ2) is 5.95. The first-order valence-electron chi connectivity index (χ1n) is 5.26. The van der Waals surface area contributed by atoms with E-state index in [0.29, 0.717) is 0 Å². The summed E-state index contributed by atoms with van der Waals surface area (Å²) in [5.41, 5.74) is 0.220. The Hall–Kier alpha value is -1.37. The highest BCUT2D eigenvalue weighted by atomic mass is 127. The summed E-state index contributed by atoms with van der Waals surface area (Å²) >= 11 is 7.90. The molecule has 20 heavy (non-hydrogen) atoms. The maximum Gasteiger partial charge on any atom is 0.263 e. The molecule has 0 aliphatic rings. The number of nitrogens with one attached hydrogen (secondary N) is 1. The van der Waals surface area contributed by atoms with Gasteiger partial charge in [-0.1, -0.05) is 11.6 Å². The fourth-order valence-corrected chi connectivity index (χ4v) is 3.03. The Labute approximate surface area is 134 Å². The largest absolute Gasteiger partial charge is 0.263 e. The van der Waals surface area contributed by atoms with Crippen molar-refractivity contribution in [3.05, 3.63) is 50.7 Å². The molecule has 0 saturated carbocycles. The molecular weight excluding hydrogens is 413 g/mol. The van der Waals surface area contributed by atoms with Gasteiger partial charge in [-0.15, -0.1) is 0 Å². The first-order valence-corrected chi connectivity index (χ1v) is 8.20. The van der Waals surface area contributed by atoms with Crippen molar-refractivity contribution in [1.29, 1.82) is 5.26 Å². The lowest BCUT2D eigenvalue weighted by molar-refractivity contribution is 0.601. The molecule has 1 aromatic heterocycles. The average Bonchev–Trinajstić information content (AvgIpc) is 2.41. The van der Waals surface area contributed by atoms with E-state index in [1.165, 1.54) is 18.2 Å². The maximum atomic E-state index is 12.1. The van der Waals surface area contributed by atoms with E-state index < -0.39 is 10.0 Å². The molecule has 2 rings (SSSR count). The van der Waals surface area contributed by atoms with Gasteiger partial charge in [0.15, 0.2) is 0 Å². The smallest absolute Gasteiger partial charge is 0.263 e. The van der Waals surface area contributed by atoms with E-state index in [2.05, 4.69) is 32.3 Å². The number of aromatic nitrogens is 1. The highest BCUT2D eigenvalue weighted by Crippen LogP contribution is 2.21. The number of hydrogen-bond acceptors (Lipinski definition) is 4. The van der Waals surface area contributed by atoms with Gasteiger partial charge in [-0.25, -0.2) is 13.4 Å². The summed E-state index contributed by atoms with van der Waals surface area (Å²) in [5, 5.41) is 8.85. The van der Waals surface area contributed by atoms with Gasteiger partial charge < -0.3 is 0 Å². The molecule has 1 N–H and O–H groups in total. The monoisotopic (exact) mass is 419 g/mol. The summed E-state index contributed by atoms with van der Waals surface area (Å²) in [4.78, 5) is 3.94. The van der Waals surface area contributed by atoms with Gasteiger partial charge >= 0.3 is 0 Å². The van der Waals surface area contributed by atoms with Crippen LogP contribution in [0.5, 0.6) is 0 Å². The van der Waals surface area contributed by atoms with Gasteiger partial charge in [0.1, 0.15) is 11.9 Å². The fourth-order valence-electron chi connectivity index (χ4n) is 1.39. The number of sulfonamides is 1. The Kier molecular flexibility index (Phi) is 4.47. The lowest BCUT2D eigenvalue weighted by Gasteiger charge is -2.08. The van der Waals surface area contributed by atoms with Gasteiger partial charge in [-0.05, 0) is 52.9 Å². The zero-order chi connectivity index (χ0) is 14.8. The van der Waals surface area contributed by atoms with Crippen LogP contribution in [0.4, 0.5) is 5.82 Å². The van der Waals surface area contributed by atoms with E-state index in [4.69, 9.17) is 16.9 Å². The predicted molar refractivity (Wildman–Crippen MR) is 83.9 cm³/mol. The summed E-state index contributed by atoms with van der Waals surface area (Å²) in [6.07, 6.45) is 1.55. The van der Waals surface area contributed by atoms with Gasteiger partial charge in [0.25, 0.3) is 10.0 Å². The summed E-state index contributed by atoms with van der Waals surface area (Å²) in [7, 11) is -3.78. The van der Waals surface area contributed by atoms with Crippen molar-refractivity contribution >= 4 is 50.0 Å². The lowest BCUT2D eigenvalue weighted by Crippen LogP contribution is -2.14. The molecule has 2 aromatic rings. The van der Waals surface area contributed by atoms with Crippen molar-refractivity contribution < 1.29 is 8.42 Å². The van der Waals surface area contributed by atoms with Crippen LogP contribution in [0.1, 0.15) is 5.56 Å². The average molecular weight is 420 g/mol. The van der Waals surface area contributed by atoms with E-state index in [9.17, 15) is 8.42 Å². The molecule has 0 bridgehead atoms. The molecule has 0 spiro atoms. The van der Waals surface area contributed by atoms with Crippen LogP contribution < -0.4 is 4.72 Å². The molecule has 0 aliphatic carbocycles. The molecule has 0 saturated heterocycles. The number of pyridine rings is 1. The highest BCUT2D eigenvalue weighted by molar-refractivity contribution is 14.1. The molecule has 1 aromatic carbocycles. The van der Waals surface area contributed by atoms with E-state index >= 15 is 0 Å². The molecule has 0 fully saturated rings. The number of rotatable bonds is 3. The minimum Gasteiger partial charge on any atom is -0.263 e. The van der Waals surface area contributed by atoms with Crippen molar-refractivity contribution in [2.24, 2.45) is 0 Å². The zero-order valence-corrected chi connectivity index (χ0v) is 13.6. The van der Waals surface area contributed by atoms with Gasteiger partial charge in [-0.3, -0.25) is 4.72 Å². The van der Waals surface area contributed by atoms with E-state index in [1.807, 2.05) is 6.07 Å². The SMILES string of the molecule is N#Cc1ccc(S(=O)(=O)Nc2ccc(I)cn2)cc1Cl. The van der Waals surface area contributed by atoms with Crippen LogP contribution in [0.3, 0.4) is 0 Å². The van der Waals surface area contributed by atoms with Gasteiger partial charge in [0, 0.05) is 9.77 Å². The molecule has 0 atom stereocenters. The second-order valence-corrected chi connectivity index (χ2v) is 7.06. The minimum absolute atomic E-state index is 0.0261. The van der Waals surface area contributed by atoms with E-state index in [1.54, 1.807) is 18.3 Å². The number of nitrogens with zero attached hydrogens (tertiary/aromatic N) is 2. The van der Waals surface area contributed by atoms with Crippen LogP contribution in [0.25, 0.3) is 0 Å². The molecule has 0 amide bonds. The van der Waals surface area contributed by atoms with Crippen molar-refractivity contribution in [2.45, 2.75) is 4.90 Å². The topological polar surface area (TPSA) is 82.8 Å². The van der Waals surface area contributed by atoms with E-state index in [0.717, 1.165) is 3.57 Å². The minimum atomic E-state index is -3.78. The van der Waals surface area contributed by atoms with Crippen LogP contribution in [-0.4, -0.2) is 13.4 Å². The molecule has 102 valence electrons. The number of anilines is 1. The predicted octanol–water partition coefficient (Wildman–Crippen LogP) is 3.01. The molecule has 0 radical (unpaired) electrons. The normalized spacial score (nSPS) is 10.8.